The maximum Gasteiger partial charge on any atom is 0.574 e. The number of rotatable bonds is 3. The molecule has 0 atom stereocenters. The van der Waals surface area contributed by atoms with Crippen molar-refractivity contribution in [3.8, 4) is 5.88 Å². The maximum atomic E-state index is 12.0. The Balaban J connectivity index is 2.98. The van der Waals surface area contributed by atoms with Crippen LogP contribution in [0.4, 0.5) is 13.2 Å². The number of pyridine rings is 1. The van der Waals surface area contributed by atoms with Crippen molar-refractivity contribution < 1.29 is 27.4 Å². The predicted molar refractivity (Wildman–Crippen MR) is 54.6 cm³/mol. The van der Waals surface area contributed by atoms with Crippen LogP contribution in [-0.4, -0.2) is 23.9 Å². The van der Waals surface area contributed by atoms with Crippen LogP contribution in [0.5, 0.6) is 5.88 Å². The van der Waals surface area contributed by atoms with E-state index in [9.17, 15) is 18.0 Å². The molecule has 0 aliphatic rings. The zero-order chi connectivity index (χ0) is 13.1. The van der Waals surface area contributed by atoms with Crippen LogP contribution in [0.1, 0.15) is 17.3 Å². The summed E-state index contributed by atoms with van der Waals surface area (Å²) in [5.41, 5.74) is -0.0759. The summed E-state index contributed by atoms with van der Waals surface area (Å²) in [6, 6.07) is 2.09. The van der Waals surface area contributed by atoms with E-state index in [1.165, 1.54) is 6.07 Å². The van der Waals surface area contributed by atoms with Crippen LogP contribution in [-0.2, 0) is 4.74 Å². The van der Waals surface area contributed by atoms with Gasteiger partial charge in [-0.15, -0.1) is 13.2 Å². The van der Waals surface area contributed by atoms with Crippen LogP contribution in [0.15, 0.2) is 16.7 Å². The van der Waals surface area contributed by atoms with Gasteiger partial charge in [0.15, 0.2) is 0 Å². The molecular formula is C9H7BrF3NO3. The monoisotopic (exact) mass is 313 g/mol. The molecule has 0 aliphatic carbocycles. The Labute approximate surface area is 103 Å². The summed E-state index contributed by atoms with van der Waals surface area (Å²) in [7, 11) is 0. The minimum absolute atomic E-state index is 0.0438. The number of esters is 1. The molecule has 0 amide bonds. The SMILES string of the molecule is CCOC(=O)c1cc(Br)nc(OC(F)(F)F)c1. The van der Waals surface area contributed by atoms with Crippen LogP contribution in [0.2, 0.25) is 0 Å². The van der Waals surface area contributed by atoms with Gasteiger partial charge in [-0.05, 0) is 28.9 Å². The molecule has 0 saturated carbocycles. The second-order valence-electron chi connectivity index (χ2n) is 2.79. The van der Waals surface area contributed by atoms with Gasteiger partial charge in [-0.25, -0.2) is 9.78 Å². The zero-order valence-electron chi connectivity index (χ0n) is 8.55. The van der Waals surface area contributed by atoms with Crippen molar-refractivity contribution in [3.63, 3.8) is 0 Å². The van der Waals surface area contributed by atoms with Gasteiger partial charge >= 0.3 is 12.3 Å². The number of nitrogens with zero attached hydrogens (tertiary/aromatic N) is 1. The Morgan fingerprint density at radius 1 is 1.47 bits per heavy atom. The molecule has 1 rings (SSSR count). The van der Waals surface area contributed by atoms with Crippen molar-refractivity contribution in [1.82, 2.24) is 4.98 Å². The number of halogens is 4. The predicted octanol–water partition coefficient (Wildman–Crippen LogP) is 2.92. The van der Waals surface area contributed by atoms with E-state index >= 15 is 0 Å². The van der Waals surface area contributed by atoms with Gasteiger partial charge in [-0.2, -0.15) is 0 Å². The first-order valence-corrected chi connectivity index (χ1v) is 5.21. The number of hydrogen-bond acceptors (Lipinski definition) is 4. The Kier molecular flexibility index (Phi) is 4.33. The average Bonchev–Trinajstić information content (AvgIpc) is 2.14. The summed E-state index contributed by atoms with van der Waals surface area (Å²) in [5, 5.41) is 0. The zero-order valence-corrected chi connectivity index (χ0v) is 10.1. The molecule has 17 heavy (non-hydrogen) atoms. The summed E-state index contributed by atoms with van der Waals surface area (Å²) < 4.78 is 44.2. The van der Waals surface area contributed by atoms with E-state index in [1.54, 1.807) is 6.92 Å². The van der Waals surface area contributed by atoms with E-state index < -0.39 is 18.2 Å². The van der Waals surface area contributed by atoms with Gasteiger partial charge in [-0.1, -0.05) is 0 Å². The summed E-state index contributed by atoms with van der Waals surface area (Å²) in [6.45, 7) is 1.70. The minimum Gasteiger partial charge on any atom is -0.462 e. The molecule has 0 aromatic carbocycles. The van der Waals surface area contributed by atoms with Crippen molar-refractivity contribution in [2.75, 3.05) is 6.61 Å². The molecule has 1 heterocycles. The van der Waals surface area contributed by atoms with Crippen molar-refractivity contribution in [2.24, 2.45) is 0 Å². The second kappa shape index (κ2) is 5.35. The Bertz CT molecular complexity index is 422. The van der Waals surface area contributed by atoms with Gasteiger partial charge in [-0.3, -0.25) is 0 Å². The van der Waals surface area contributed by atoms with E-state index in [0.717, 1.165) is 6.07 Å². The molecule has 0 unspecified atom stereocenters. The third kappa shape index (κ3) is 4.59. The maximum absolute atomic E-state index is 12.0. The van der Waals surface area contributed by atoms with Gasteiger partial charge < -0.3 is 9.47 Å². The lowest BCUT2D eigenvalue weighted by Gasteiger charge is -2.09. The fraction of sp³-hybridized carbons (Fsp3) is 0.333. The fourth-order valence-electron chi connectivity index (χ4n) is 0.976. The molecule has 1 aromatic heterocycles. The topological polar surface area (TPSA) is 48.4 Å². The lowest BCUT2D eigenvalue weighted by Crippen LogP contribution is -2.18. The van der Waals surface area contributed by atoms with Gasteiger partial charge in [0.05, 0.1) is 12.2 Å². The highest BCUT2D eigenvalue weighted by molar-refractivity contribution is 9.10. The first kappa shape index (κ1) is 13.8. The summed E-state index contributed by atoms with van der Waals surface area (Å²) in [4.78, 5) is 14.7. The average molecular weight is 314 g/mol. The second-order valence-corrected chi connectivity index (χ2v) is 3.60. The van der Waals surface area contributed by atoms with E-state index in [1.807, 2.05) is 0 Å². The molecule has 0 bridgehead atoms. The number of alkyl halides is 3. The molecule has 94 valence electrons. The lowest BCUT2D eigenvalue weighted by atomic mass is 10.3. The third-order valence-electron chi connectivity index (χ3n) is 1.50. The number of ether oxygens (including phenoxy) is 2. The number of hydrogen-bond donors (Lipinski definition) is 0. The van der Waals surface area contributed by atoms with Crippen molar-refractivity contribution >= 4 is 21.9 Å². The fourth-order valence-corrected chi connectivity index (χ4v) is 1.40. The van der Waals surface area contributed by atoms with Crippen molar-refractivity contribution in [2.45, 2.75) is 13.3 Å². The number of carbonyl (C=O) groups is 1. The molecule has 0 N–H and O–H groups in total. The van der Waals surface area contributed by atoms with Gasteiger partial charge in [0, 0.05) is 6.07 Å². The minimum atomic E-state index is -4.86. The van der Waals surface area contributed by atoms with Gasteiger partial charge in [0.1, 0.15) is 4.60 Å². The molecule has 1 aromatic rings. The highest BCUT2D eigenvalue weighted by Gasteiger charge is 2.32. The standard InChI is InChI=1S/C9H7BrF3NO3/c1-2-16-8(15)5-3-6(10)14-7(4-5)17-9(11,12)13/h3-4H,2H2,1H3. The summed E-state index contributed by atoms with van der Waals surface area (Å²) in [6.07, 6.45) is -4.86. The van der Waals surface area contributed by atoms with Crippen LogP contribution >= 0.6 is 15.9 Å². The highest BCUT2D eigenvalue weighted by atomic mass is 79.9. The van der Waals surface area contributed by atoms with Crippen LogP contribution < -0.4 is 4.74 Å². The first-order valence-electron chi connectivity index (χ1n) is 4.42. The van der Waals surface area contributed by atoms with Gasteiger partial charge in [0.25, 0.3) is 0 Å². The molecular weight excluding hydrogens is 307 g/mol. The summed E-state index contributed by atoms with van der Waals surface area (Å²) >= 11 is 2.87. The van der Waals surface area contributed by atoms with E-state index in [-0.39, 0.29) is 16.8 Å². The van der Waals surface area contributed by atoms with Crippen LogP contribution in [0, 0.1) is 0 Å². The van der Waals surface area contributed by atoms with E-state index in [2.05, 4.69) is 30.4 Å². The molecule has 4 nitrogen and oxygen atoms in total. The first-order chi connectivity index (χ1) is 7.81. The smallest absolute Gasteiger partial charge is 0.462 e. The largest absolute Gasteiger partial charge is 0.574 e. The highest BCUT2D eigenvalue weighted by Crippen LogP contribution is 2.24. The summed E-state index contributed by atoms with van der Waals surface area (Å²) in [5.74, 6) is -1.47. The Morgan fingerprint density at radius 2 is 2.12 bits per heavy atom. The third-order valence-corrected chi connectivity index (χ3v) is 1.91. The van der Waals surface area contributed by atoms with Crippen LogP contribution in [0.25, 0.3) is 0 Å². The molecule has 0 radical (unpaired) electrons. The molecule has 8 heteroatoms. The number of carbonyl (C=O) groups excluding carboxylic acids is 1. The van der Waals surface area contributed by atoms with Crippen LogP contribution in [0.3, 0.4) is 0 Å². The molecule has 0 spiro atoms. The number of aromatic nitrogens is 1. The lowest BCUT2D eigenvalue weighted by molar-refractivity contribution is -0.276. The van der Waals surface area contributed by atoms with E-state index in [0.29, 0.717) is 0 Å². The Morgan fingerprint density at radius 3 is 2.65 bits per heavy atom. The van der Waals surface area contributed by atoms with Crippen molar-refractivity contribution in [1.29, 1.82) is 0 Å². The van der Waals surface area contributed by atoms with Gasteiger partial charge in [0.2, 0.25) is 5.88 Å². The molecule has 0 saturated heterocycles. The van der Waals surface area contributed by atoms with E-state index in [4.69, 9.17) is 0 Å². The molecule has 0 aliphatic heterocycles. The van der Waals surface area contributed by atoms with Crippen molar-refractivity contribution in [3.05, 3.63) is 22.3 Å². The quantitative estimate of drug-likeness (QED) is 0.636. The normalized spacial score (nSPS) is 11.1. The molecule has 0 fully saturated rings. The Hall–Kier alpha value is -1.31.